The quantitative estimate of drug-likeness (QED) is 0.667. The van der Waals surface area contributed by atoms with Crippen molar-refractivity contribution in [3.63, 3.8) is 0 Å². The molecule has 0 saturated heterocycles. The highest BCUT2D eigenvalue weighted by atomic mass is 32.2. The van der Waals surface area contributed by atoms with Crippen LogP contribution in [0, 0.1) is 0 Å². The first-order valence-corrected chi connectivity index (χ1v) is 6.41. The van der Waals surface area contributed by atoms with Crippen LogP contribution in [0.4, 0.5) is 5.69 Å². The molecule has 0 aromatic heterocycles. The minimum Gasteiger partial charge on any atom is -0.772 e. The number of nitrogen functional groups attached to an aromatic ring is 1. The molecule has 17 heavy (non-hydrogen) atoms. The van der Waals surface area contributed by atoms with Crippen molar-refractivity contribution in [2.45, 2.75) is 5.75 Å². The topological polar surface area (TPSA) is 66.2 Å². The molecule has 0 aliphatic carbocycles. The van der Waals surface area contributed by atoms with Crippen molar-refractivity contribution in [1.29, 1.82) is 0 Å². The van der Waals surface area contributed by atoms with Crippen LogP contribution in [0.25, 0.3) is 11.1 Å². The highest BCUT2D eigenvalue weighted by Gasteiger charge is 2.07. The molecule has 4 heteroatoms. The highest BCUT2D eigenvalue weighted by Crippen LogP contribution is 2.28. The van der Waals surface area contributed by atoms with Crippen LogP contribution in [0.1, 0.15) is 5.56 Å². The first kappa shape index (κ1) is 11.8. The lowest BCUT2D eigenvalue weighted by Crippen LogP contribution is -2.01. The average molecular weight is 246 g/mol. The van der Waals surface area contributed by atoms with Gasteiger partial charge < -0.3 is 10.3 Å². The largest absolute Gasteiger partial charge is 0.772 e. The Balaban J connectivity index is 2.54. The average Bonchev–Trinajstić information content (AvgIpc) is 2.32. The van der Waals surface area contributed by atoms with Crippen molar-refractivity contribution in [2.24, 2.45) is 0 Å². The van der Waals surface area contributed by atoms with Crippen LogP contribution in [0.2, 0.25) is 0 Å². The lowest BCUT2D eigenvalue weighted by atomic mass is 9.99. The predicted octanol–water partition coefficient (Wildman–Crippen LogP) is 2.31. The fourth-order valence-corrected chi connectivity index (χ4v) is 2.33. The molecule has 0 radical (unpaired) electrons. The molecule has 0 bridgehead atoms. The molecule has 0 spiro atoms. The molecule has 88 valence electrons. The monoisotopic (exact) mass is 246 g/mol. The summed E-state index contributed by atoms with van der Waals surface area (Å²) in [5.74, 6) is -0.0586. The first-order chi connectivity index (χ1) is 8.18. The van der Waals surface area contributed by atoms with Crippen LogP contribution in [0.3, 0.4) is 0 Å². The van der Waals surface area contributed by atoms with Crippen LogP contribution in [-0.2, 0) is 16.8 Å². The third kappa shape index (κ3) is 2.72. The molecule has 1 unspecified atom stereocenters. The summed E-state index contributed by atoms with van der Waals surface area (Å²) in [6.07, 6.45) is 0. The predicted molar refractivity (Wildman–Crippen MR) is 68.9 cm³/mol. The fraction of sp³-hybridized carbons (Fsp3) is 0.0769. The number of hydrogen-bond donors (Lipinski definition) is 1. The zero-order valence-corrected chi connectivity index (χ0v) is 9.94. The third-order valence-electron chi connectivity index (χ3n) is 2.56. The Hall–Kier alpha value is -1.65. The normalized spacial score (nSPS) is 12.3. The summed E-state index contributed by atoms with van der Waals surface area (Å²) in [6.45, 7) is 0. The maximum absolute atomic E-state index is 10.8. The minimum atomic E-state index is -2.14. The molecule has 0 saturated carbocycles. The second-order valence-corrected chi connectivity index (χ2v) is 4.58. The molecule has 2 aromatic rings. The van der Waals surface area contributed by atoms with E-state index in [0.29, 0.717) is 11.3 Å². The van der Waals surface area contributed by atoms with Gasteiger partial charge in [-0.3, -0.25) is 4.21 Å². The molecule has 0 aliphatic rings. The van der Waals surface area contributed by atoms with E-state index in [1.54, 1.807) is 6.07 Å². The molecule has 1 atom stereocenters. The van der Waals surface area contributed by atoms with E-state index in [1.165, 1.54) is 0 Å². The summed E-state index contributed by atoms with van der Waals surface area (Å²) in [6, 6.07) is 15.0. The van der Waals surface area contributed by atoms with Gasteiger partial charge in [-0.25, -0.2) is 0 Å². The number of rotatable bonds is 3. The van der Waals surface area contributed by atoms with Gasteiger partial charge in [0.15, 0.2) is 0 Å². The summed E-state index contributed by atoms with van der Waals surface area (Å²) in [7, 11) is 0. The standard InChI is InChI=1S/C13H13NO2S/c14-13-8-4-7-11(12(13)9-17(15)16)10-5-2-1-3-6-10/h1-8H,9,14H2,(H,15,16)/p-1. The number of benzene rings is 2. The van der Waals surface area contributed by atoms with Gasteiger partial charge in [-0.15, -0.1) is 0 Å². The van der Waals surface area contributed by atoms with E-state index in [9.17, 15) is 8.76 Å². The zero-order chi connectivity index (χ0) is 12.3. The second-order valence-electron chi connectivity index (χ2n) is 3.69. The number of nitrogens with two attached hydrogens (primary N) is 1. The van der Waals surface area contributed by atoms with Gasteiger partial charge in [-0.1, -0.05) is 53.5 Å². The Morgan fingerprint density at radius 1 is 1.06 bits per heavy atom. The lowest BCUT2D eigenvalue weighted by molar-refractivity contribution is 0.536. The third-order valence-corrected chi connectivity index (χ3v) is 3.08. The number of anilines is 1. The van der Waals surface area contributed by atoms with E-state index in [2.05, 4.69) is 0 Å². The molecule has 0 fully saturated rings. The summed E-state index contributed by atoms with van der Waals surface area (Å²) >= 11 is -2.14. The minimum absolute atomic E-state index is 0.0586. The zero-order valence-electron chi connectivity index (χ0n) is 9.13. The molecular weight excluding hydrogens is 234 g/mol. The van der Waals surface area contributed by atoms with Crippen LogP contribution < -0.4 is 5.73 Å². The van der Waals surface area contributed by atoms with Crippen molar-refractivity contribution in [2.75, 3.05) is 5.73 Å². The van der Waals surface area contributed by atoms with Crippen LogP contribution >= 0.6 is 0 Å². The Morgan fingerprint density at radius 2 is 1.76 bits per heavy atom. The SMILES string of the molecule is Nc1cccc(-c2ccccc2)c1CS(=O)[O-]. The summed E-state index contributed by atoms with van der Waals surface area (Å²) in [5.41, 5.74) is 8.85. The smallest absolute Gasteiger partial charge is 0.0379 e. The van der Waals surface area contributed by atoms with Gasteiger partial charge in [0.1, 0.15) is 0 Å². The Bertz CT molecular complexity index is 540. The van der Waals surface area contributed by atoms with E-state index in [4.69, 9.17) is 5.73 Å². The van der Waals surface area contributed by atoms with Gasteiger partial charge in [0.2, 0.25) is 0 Å². The Labute approximate surface area is 103 Å². The molecule has 2 rings (SSSR count). The van der Waals surface area contributed by atoms with Crippen molar-refractivity contribution in [1.82, 2.24) is 0 Å². The van der Waals surface area contributed by atoms with Crippen molar-refractivity contribution >= 4 is 16.8 Å². The lowest BCUT2D eigenvalue weighted by Gasteiger charge is -2.14. The summed E-state index contributed by atoms with van der Waals surface area (Å²) in [5, 5.41) is 0. The summed E-state index contributed by atoms with van der Waals surface area (Å²) < 4.78 is 21.7. The molecule has 0 amide bonds. The van der Waals surface area contributed by atoms with E-state index >= 15 is 0 Å². The van der Waals surface area contributed by atoms with Gasteiger partial charge in [-0.05, 0) is 22.8 Å². The molecule has 3 nitrogen and oxygen atoms in total. The molecular formula is C13H12NO2S-. The fourth-order valence-electron chi connectivity index (χ4n) is 1.77. The summed E-state index contributed by atoms with van der Waals surface area (Å²) in [4.78, 5) is 0. The maximum atomic E-state index is 10.8. The van der Waals surface area contributed by atoms with Crippen molar-refractivity contribution in [3.05, 3.63) is 54.1 Å². The van der Waals surface area contributed by atoms with E-state index < -0.39 is 11.1 Å². The van der Waals surface area contributed by atoms with E-state index in [1.807, 2.05) is 42.5 Å². The van der Waals surface area contributed by atoms with Gasteiger partial charge in [0.05, 0.1) is 0 Å². The Kier molecular flexibility index (Phi) is 3.56. The van der Waals surface area contributed by atoms with Crippen molar-refractivity contribution in [3.8, 4) is 11.1 Å². The van der Waals surface area contributed by atoms with Gasteiger partial charge >= 0.3 is 0 Å². The van der Waals surface area contributed by atoms with Gasteiger partial charge in [0, 0.05) is 11.4 Å². The van der Waals surface area contributed by atoms with E-state index in [0.717, 1.165) is 11.1 Å². The molecule has 0 heterocycles. The van der Waals surface area contributed by atoms with Crippen LogP contribution in [0.5, 0.6) is 0 Å². The maximum Gasteiger partial charge on any atom is 0.0379 e. The molecule has 2 N–H and O–H groups in total. The Morgan fingerprint density at radius 3 is 2.41 bits per heavy atom. The molecule has 0 aliphatic heterocycles. The van der Waals surface area contributed by atoms with Gasteiger partial charge in [0.25, 0.3) is 0 Å². The van der Waals surface area contributed by atoms with Gasteiger partial charge in [-0.2, -0.15) is 0 Å². The first-order valence-electron chi connectivity index (χ1n) is 5.17. The van der Waals surface area contributed by atoms with Crippen LogP contribution in [-0.4, -0.2) is 8.76 Å². The highest BCUT2D eigenvalue weighted by molar-refractivity contribution is 7.78. The second kappa shape index (κ2) is 5.12. The van der Waals surface area contributed by atoms with Crippen molar-refractivity contribution < 1.29 is 8.76 Å². The van der Waals surface area contributed by atoms with Crippen LogP contribution in [0.15, 0.2) is 48.5 Å². The molecule has 2 aromatic carbocycles. The number of hydrogen-bond acceptors (Lipinski definition) is 3. The van der Waals surface area contributed by atoms with E-state index in [-0.39, 0.29) is 5.75 Å².